The van der Waals surface area contributed by atoms with Crippen LogP contribution in [0, 0.1) is 11.8 Å². The zero-order chi connectivity index (χ0) is 18.5. The molecular weight excluding hydrogens is 320 g/mol. The summed E-state index contributed by atoms with van der Waals surface area (Å²) in [5.74, 6) is 1.84. The van der Waals surface area contributed by atoms with Gasteiger partial charge in [0.25, 0.3) is 0 Å². The molecule has 6 rings (SSSR count). The van der Waals surface area contributed by atoms with Crippen molar-refractivity contribution in [1.29, 1.82) is 0 Å². The molecule has 0 aromatic heterocycles. The van der Waals surface area contributed by atoms with Crippen molar-refractivity contribution in [3.8, 4) is 0 Å². The molecule has 0 aromatic rings. The smallest absolute Gasteiger partial charge is 0.0136 e. The number of nitrogens with zero attached hydrogens (tertiary/aromatic N) is 4. The number of rotatable bonds is 10. The molecule has 4 heteroatoms. The minimum Gasteiger partial charge on any atom is -0.303 e. The second-order valence-electron chi connectivity index (χ2n) is 8.85. The average Bonchev–Trinajstić information content (AvgIpc) is 2.67. The molecule has 152 valence electrons. The Morgan fingerprint density at radius 3 is 1.35 bits per heavy atom. The number of hydrogen-bond acceptors (Lipinski definition) is 4. The zero-order valence-corrected chi connectivity index (χ0v) is 18.0. The predicted molar refractivity (Wildman–Crippen MR) is 112 cm³/mol. The van der Waals surface area contributed by atoms with Crippen molar-refractivity contribution in [1.82, 2.24) is 19.6 Å². The summed E-state index contributed by atoms with van der Waals surface area (Å²) in [4.78, 5) is 11.0. The minimum absolute atomic E-state index is 0.860. The Morgan fingerprint density at radius 2 is 1.00 bits per heavy atom. The molecule has 0 N–H and O–H groups in total. The highest BCUT2D eigenvalue weighted by Gasteiger charge is 2.45. The van der Waals surface area contributed by atoms with Crippen LogP contribution >= 0.6 is 0 Å². The van der Waals surface area contributed by atoms with Crippen LogP contribution in [0.2, 0.25) is 0 Å². The molecule has 4 nitrogen and oxygen atoms in total. The fourth-order valence-electron chi connectivity index (χ4n) is 6.02. The molecule has 0 radical (unpaired) electrons. The number of piperidine rings is 2. The van der Waals surface area contributed by atoms with Crippen LogP contribution in [0.5, 0.6) is 0 Å². The summed E-state index contributed by atoms with van der Waals surface area (Å²) < 4.78 is 0. The molecule has 0 amide bonds. The van der Waals surface area contributed by atoms with Crippen molar-refractivity contribution in [2.24, 2.45) is 11.8 Å². The summed E-state index contributed by atoms with van der Waals surface area (Å²) in [6.07, 6.45) is 5.90. The lowest BCUT2D eigenvalue weighted by molar-refractivity contribution is -0.0616. The van der Waals surface area contributed by atoms with Crippen LogP contribution in [0.3, 0.4) is 0 Å². The maximum Gasteiger partial charge on any atom is 0.0136 e. The number of hydrogen-bond donors (Lipinski definition) is 0. The first kappa shape index (κ1) is 20.6. The van der Waals surface area contributed by atoms with Crippen LogP contribution in [-0.4, -0.2) is 97.1 Å². The normalized spacial score (nSPS) is 32.5. The maximum absolute atomic E-state index is 2.91. The lowest BCUT2D eigenvalue weighted by atomic mass is 9.71. The van der Waals surface area contributed by atoms with Gasteiger partial charge >= 0.3 is 0 Å². The van der Waals surface area contributed by atoms with Gasteiger partial charge in [-0.3, -0.25) is 9.80 Å². The van der Waals surface area contributed by atoms with Crippen LogP contribution in [-0.2, 0) is 0 Å². The lowest BCUT2D eigenvalue weighted by Crippen LogP contribution is -2.63. The Morgan fingerprint density at radius 1 is 0.615 bits per heavy atom. The van der Waals surface area contributed by atoms with Gasteiger partial charge in [-0.15, -0.1) is 0 Å². The second kappa shape index (κ2) is 9.86. The largest absolute Gasteiger partial charge is 0.303 e. The van der Waals surface area contributed by atoms with Gasteiger partial charge in [-0.1, -0.05) is 27.7 Å². The van der Waals surface area contributed by atoms with Crippen molar-refractivity contribution in [2.45, 2.75) is 65.5 Å². The van der Waals surface area contributed by atoms with E-state index in [1.165, 1.54) is 91.1 Å². The first-order valence-corrected chi connectivity index (χ1v) is 11.6. The van der Waals surface area contributed by atoms with E-state index in [1.807, 2.05) is 0 Å². The van der Waals surface area contributed by atoms with Crippen molar-refractivity contribution >= 4 is 0 Å². The Kier molecular flexibility index (Phi) is 7.80. The molecule has 5 aliphatic heterocycles. The summed E-state index contributed by atoms with van der Waals surface area (Å²) >= 11 is 0. The van der Waals surface area contributed by atoms with E-state index in [1.54, 1.807) is 0 Å². The third-order valence-corrected chi connectivity index (χ3v) is 7.83. The van der Waals surface area contributed by atoms with Gasteiger partial charge < -0.3 is 9.80 Å². The summed E-state index contributed by atoms with van der Waals surface area (Å²) in [5, 5.41) is 0. The van der Waals surface area contributed by atoms with Gasteiger partial charge in [0.15, 0.2) is 0 Å². The minimum atomic E-state index is 0.860. The van der Waals surface area contributed by atoms with E-state index in [2.05, 4.69) is 47.3 Å². The Bertz CT molecular complexity index is 369. The maximum atomic E-state index is 2.91. The predicted octanol–water partition coefficient (Wildman–Crippen LogP) is 2.84. The molecule has 4 bridgehead atoms. The van der Waals surface area contributed by atoms with Gasteiger partial charge in [0.2, 0.25) is 0 Å². The Labute approximate surface area is 162 Å². The monoisotopic (exact) mass is 364 g/mol. The van der Waals surface area contributed by atoms with Crippen molar-refractivity contribution in [3.63, 3.8) is 0 Å². The molecule has 4 atom stereocenters. The standard InChI is InChI=1S/C22H44N4/c1-5-23(6-2)13-15-25-17-19-9-11-21(25)20-10-12-22(19)26(18-20)16-14-24(7-3)8-4/h19-22H,5-18H2,1-4H3. The van der Waals surface area contributed by atoms with Crippen LogP contribution in [0.1, 0.15) is 53.4 Å². The van der Waals surface area contributed by atoms with Crippen molar-refractivity contribution in [3.05, 3.63) is 0 Å². The van der Waals surface area contributed by atoms with E-state index < -0.39 is 0 Å². The van der Waals surface area contributed by atoms with Gasteiger partial charge in [0.05, 0.1) is 0 Å². The Balaban J connectivity index is 1.60. The quantitative estimate of drug-likeness (QED) is 0.591. The van der Waals surface area contributed by atoms with Gasteiger partial charge in [0.1, 0.15) is 0 Å². The Hall–Kier alpha value is -0.160. The van der Waals surface area contributed by atoms with E-state index in [0.717, 1.165) is 23.9 Å². The first-order valence-electron chi connectivity index (χ1n) is 11.6. The van der Waals surface area contributed by atoms with E-state index in [9.17, 15) is 0 Å². The van der Waals surface area contributed by atoms with Crippen molar-refractivity contribution in [2.75, 3.05) is 65.4 Å². The molecule has 0 aromatic carbocycles. The second-order valence-corrected chi connectivity index (χ2v) is 8.85. The topological polar surface area (TPSA) is 13.0 Å². The van der Waals surface area contributed by atoms with E-state index >= 15 is 0 Å². The van der Waals surface area contributed by atoms with Crippen LogP contribution in [0.4, 0.5) is 0 Å². The van der Waals surface area contributed by atoms with Crippen molar-refractivity contribution < 1.29 is 0 Å². The van der Waals surface area contributed by atoms with Gasteiger partial charge in [-0.25, -0.2) is 0 Å². The molecule has 26 heavy (non-hydrogen) atoms. The van der Waals surface area contributed by atoms with E-state index in [0.29, 0.717) is 0 Å². The van der Waals surface area contributed by atoms with Crippen LogP contribution < -0.4 is 0 Å². The molecule has 0 spiro atoms. The lowest BCUT2D eigenvalue weighted by Gasteiger charge is -2.56. The van der Waals surface area contributed by atoms with E-state index in [-0.39, 0.29) is 0 Å². The fourth-order valence-corrected chi connectivity index (χ4v) is 6.02. The highest BCUT2D eigenvalue weighted by atomic mass is 15.3. The average molecular weight is 365 g/mol. The first-order chi connectivity index (χ1) is 12.7. The van der Waals surface area contributed by atoms with E-state index in [4.69, 9.17) is 0 Å². The molecule has 1 saturated carbocycles. The van der Waals surface area contributed by atoms with Crippen LogP contribution in [0.15, 0.2) is 0 Å². The molecular formula is C22H44N4. The molecule has 1 aliphatic carbocycles. The zero-order valence-electron chi connectivity index (χ0n) is 18.0. The fraction of sp³-hybridized carbons (Fsp3) is 1.00. The van der Waals surface area contributed by atoms with Crippen LogP contribution in [0.25, 0.3) is 0 Å². The molecule has 5 saturated heterocycles. The highest BCUT2D eigenvalue weighted by molar-refractivity contribution is 5.00. The molecule has 4 unspecified atom stereocenters. The summed E-state index contributed by atoms with van der Waals surface area (Å²) in [6.45, 7) is 21.9. The SMILES string of the molecule is CCN(CC)CCN1CC2CCC1C1CCC2N(CCN(CC)CC)C1. The molecule has 6 aliphatic rings. The third kappa shape index (κ3) is 4.63. The van der Waals surface area contributed by atoms with Gasteiger partial charge in [-0.05, 0) is 63.7 Å². The molecule has 6 fully saturated rings. The summed E-state index contributed by atoms with van der Waals surface area (Å²) in [6, 6.07) is 1.72. The highest BCUT2D eigenvalue weighted by Crippen LogP contribution is 2.41. The van der Waals surface area contributed by atoms with Gasteiger partial charge in [0, 0.05) is 51.4 Å². The number of likely N-dealkylation sites (N-methyl/N-ethyl adjacent to an activating group) is 2. The molecule has 5 heterocycles. The van der Waals surface area contributed by atoms with Gasteiger partial charge in [-0.2, -0.15) is 0 Å². The summed E-state index contributed by atoms with van der Waals surface area (Å²) in [5.41, 5.74) is 0. The summed E-state index contributed by atoms with van der Waals surface area (Å²) in [7, 11) is 0. The third-order valence-electron chi connectivity index (χ3n) is 7.83.